The lowest BCUT2D eigenvalue weighted by Gasteiger charge is -2.17. The van der Waals surface area contributed by atoms with Crippen LogP contribution in [0.25, 0.3) is 10.8 Å². The van der Waals surface area contributed by atoms with Crippen LogP contribution in [-0.4, -0.2) is 9.97 Å². The Kier molecular flexibility index (Phi) is 3.18. The fourth-order valence-corrected chi connectivity index (χ4v) is 2.25. The van der Waals surface area contributed by atoms with Crippen LogP contribution in [0.4, 0.5) is 0 Å². The van der Waals surface area contributed by atoms with Crippen molar-refractivity contribution in [2.24, 2.45) is 5.84 Å². The van der Waals surface area contributed by atoms with E-state index in [1.807, 2.05) is 30.3 Å². The smallest absolute Gasteiger partial charge is 0.0902 e. The van der Waals surface area contributed by atoms with Gasteiger partial charge in [0.2, 0.25) is 0 Å². The Bertz CT molecular complexity index is 677. The summed E-state index contributed by atoms with van der Waals surface area (Å²) in [7, 11) is 0. The van der Waals surface area contributed by atoms with E-state index in [2.05, 4.69) is 27.5 Å². The zero-order chi connectivity index (χ0) is 13.1. The minimum absolute atomic E-state index is 0.167. The number of aromatic nitrogens is 2. The molecule has 1 aromatic carbocycles. The minimum Gasteiger partial charge on any atom is -0.271 e. The van der Waals surface area contributed by atoms with Gasteiger partial charge in [0.25, 0.3) is 0 Å². The van der Waals surface area contributed by atoms with E-state index in [4.69, 9.17) is 5.84 Å². The van der Waals surface area contributed by atoms with Crippen molar-refractivity contribution >= 4 is 10.8 Å². The number of hydrogen-bond donors (Lipinski definition) is 2. The van der Waals surface area contributed by atoms with Gasteiger partial charge in [-0.05, 0) is 23.1 Å². The van der Waals surface area contributed by atoms with Crippen molar-refractivity contribution in [2.45, 2.75) is 6.04 Å². The Morgan fingerprint density at radius 3 is 2.68 bits per heavy atom. The molecule has 2 aromatic heterocycles. The molecule has 0 aliphatic rings. The Morgan fingerprint density at radius 2 is 1.89 bits per heavy atom. The number of nitrogens with zero attached hydrogens (tertiary/aromatic N) is 2. The number of pyridine rings is 2. The first-order chi connectivity index (χ1) is 9.40. The van der Waals surface area contributed by atoms with E-state index in [1.54, 1.807) is 18.6 Å². The second kappa shape index (κ2) is 5.14. The van der Waals surface area contributed by atoms with Crippen LogP contribution < -0.4 is 11.3 Å². The Morgan fingerprint density at radius 1 is 1.00 bits per heavy atom. The third kappa shape index (κ3) is 2.19. The summed E-state index contributed by atoms with van der Waals surface area (Å²) in [5, 5.41) is 2.24. The van der Waals surface area contributed by atoms with E-state index >= 15 is 0 Å². The van der Waals surface area contributed by atoms with E-state index in [1.165, 1.54) is 0 Å². The zero-order valence-electron chi connectivity index (χ0n) is 10.3. The molecule has 4 heteroatoms. The highest BCUT2D eigenvalue weighted by atomic mass is 15.2. The van der Waals surface area contributed by atoms with Crippen LogP contribution >= 0.6 is 0 Å². The molecule has 0 saturated carbocycles. The molecule has 0 radical (unpaired) electrons. The molecular formula is C15H14N4. The molecule has 0 aliphatic heterocycles. The molecule has 94 valence electrons. The molecule has 1 unspecified atom stereocenters. The first-order valence-electron chi connectivity index (χ1n) is 6.10. The highest BCUT2D eigenvalue weighted by molar-refractivity contribution is 5.85. The largest absolute Gasteiger partial charge is 0.271 e. The monoisotopic (exact) mass is 250 g/mol. The maximum absolute atomic E-state index is 5.71. The summed E-state index contributed by atoms with van der Waals surface area (Å²) in [4.78, 5) is 8.62. The van der Waals surface area contributed by atoms with Crippen molar-refractivity contribution in [3.8, 4) is 0 Å². The molecule has 0 saturated heterocycles. The number of fused-ring (bicyclic) bond motifs is 1. The van der Waals surface area contributed by atoms with Gasteiger partial charge in [0.1, 0.15) is 0 Å². The molecule has 0 spiro atoms. The lowest BCUT2D eigenvalue weighted by atomic mass is 10.0. The van der Waals surface area contributed by atoms with E-state index in [9.17, 15) is 0 Å². The maximum Gasteiger partial charge on any atom is 0.0902 e. The maximum atomic E-state index is 5.71. The summed E-state index contributed by atoms with van der Waals surface area (Å²) in [5.41, 5.74) is 4.73. The molecule has 3 rings (SSSR count). The molecule has 19 heavy (non-hydrogen) atoms. The van der Waals surface area contributed by atoms with Crippen LogP contribution in [0.3, 0.4) is 0 Å². The molecule has 2 heterocycles. The number of hydrazine groups is 1. The van der Waals surface area contributed by atoms with Gasteiger partial charge in [-0.25, -0.2) is 5.43 Å². The molecule has 1 atom stereocenters. The van der Waals surface area contributed by atoms with Gasteiger partial charge in [0, 0.05) is 24.0 Å². The topological polar surface area (TPSA) is 63.8 Å². The second-order valence-electron chi connectivity index (χ2n) is 4.30. The van der Waals surface area contributed by atoms with Crippen molar-refractivity contribution in [1.82, 2.24) is 15.4 Å². The van der Waals surface area contributed by atoms with Crippen molar-refractivity contribution in [1.29, 1.82) is 0 Å². The van der Waals surface area contributed by atoms with Gasteiger partial charge < -0.3 is 0 Å². The first kappa shape index (κ1) is 11.8. The average Bonchev–Trinajstić information content (AvgIpc) is 2.49. The van der Waals surface area contributed by atoms with Crippen molar-refractivity contribution < 1.29 is 0 Å². The summed E-state index contributed by atoms with van der Waals surface area (Å²) in [5.74, 6) is 5.71. The van der Waals surface area contributed by atoms with E-state index in [-0.39, 0.29) is 6.04 Å². The Balaban J connectivity index is 2.17. The van der Waals surface area contributed by atoms with Crippen LogP contribution in [-0.2, 0) is 0 Å². The highest BCUT2D eigenvalue weighted by Gasteiger charge is 2.16. The molecule has 0 bridgehead atoms. The summed E-state index contributed by atoms with van der Waals surface area (Å²) in [6.45, 7) is 0. The van der Waals surface area contributed by atoms with Crippen molar-refractivity contribution in [3.63, 3.8) is 0 Å². The lowest BCUT2D eigenvalue weighted by molar-refractivity contribution is 0.623. The van der Waals surface area contributed by atoms with Gasteiger partial charge in [-0.15, -0.1) is 0 Å². The molecule has 3 N–H and O–H groups in total. The second-order valence-corrected chi connectivity index (χ2v) is 4.30. The predicted molar refractivity (Wildman–Crippen MR) is 75.1 cm³/mol. The summed E-state index contributed by atoms with van der Waals surface area (Å²) >= 11 is 0. The summed E-state index contributed by atoms with van der Waals surface area (Å²) in [6.07, 6.45) is 5.35. The van der Waals surface area contributed by atoms with Gasteiger partial charge in [0.15, 0.2) is 0 Å². The van der Waals surface area contributed by atoms with E-state index < -0.39 is 0 Å². The molecule has 0 aliphatic carbocycles. The van der Waals surface area contributed by atoms with Gasteiger partial charge >= 0.3 is 0 Å². The third-order valence-electron chi connectivity index (χ3n) is 3.16. The normalized spacial score (nSPS) is 12.5. The van der Waals surface area contributed by atoms with Crippen molar-refractivity contribution in [3.05, 3.63) is 72.3 Å². The Labute approximate surface area is 111 Å². The van der Waals surface area contributed by atoms with Crippen LogP contribution in [0.1, 0.15) is 17.3 Å². The quantitative estimate of drug-likeness (QED) is 0.552. The van der Waals surface area contributed by atoms with Crippen LogP contribution in [0.2, 0.25) is 0 Å². The van der Waals surface area contributed by atoms with Gasteiger partial charge in [-0.1, -0.05) is 30.3 Å². The molecule has 3 aromatic rings. The molecule has 4 nitrogen and oxygen atoms in total. The van der Waals surface area contributed by atoms with Crippen LogP contribution in [0.5, 0.6) is 0 Å². The van der Waals surface area contributed by atoms with E-state index in [0.717, 1.165) is 22.0 Å². The van der Waals surface area contributed by atoms with E-state index in [0.29, 0.717) is 0 Å². The highest BCUT2D eigenvalue weighted by Crippen LogP contribution is 2.25. The van der Waals surface area contributed by atoms with Crippen LogP contribution in [0.15, 0.2) is 61.1 Å². The fraction of sp³-hybridized carbons (Fsp3) is 0.0667. The number of hydrogen-bond acceptors (Lipinski definition) is 4. The molecule has 0 amide bonds. The molecular weight excluding hydrogens is 236 g/mol. The Hall–Kier alpha value is -2.30. The first-order valence-corrected chi connectivity index (χ1v) is 6.10. The molecule has 0 fully saturated rings. The third-order valence-corrected chi connectivity index (χ3v) is 3.16. The number of nitrogens with one attached hydrogen (secondary N) is 1. The fourth-order valence-electron chi connectivity index (χ4n) is 2.25. The van der Waals surface area contributed by atoms with Gasteiger partial charge in [0.05, 0.1) is 11.7 Å². The number of nitrogens with two attached hydrogens (primary N) is 1. The number of benzene rings is 1. The van der Waals surface area contributed by atoms with Crippen molar-refractivity contribution in [2.75, 3.05) is 0 Å². The standard InChI is InChI=1S/C15H14N4/c16-19-14(12-5-3-8-17-10-12)15-13-6-2-1-4-11(13)7-9-18-15/h1-10,14,19H,16H2. The van der Waals surface area contributed by atoms with Gasteiger partial charge in [-0.2, -0.15) is 0 Å². The minimum atomic E-state index is -0.167. The predicted octanol–water partition coefficient (Wildman–Crippen LogP) is 2.18. The zero-order valence-corrected chi connectivity index (χ0v) is 10.3. The van der Waals surface area contributed by atoms with Crippen LogP contribution in [0, 0.1) is 0 Å². The summed E-state index contributed by atoms with van der Waals surface area (Å²) in [6, 6.07) is 13.8. The lowest BCUT2D eigenvalue weighted by Crippen LogP contribution is -2.29. The average molecular weight is 250 g/mol. The summed E-state index contributed by atoms with van der Waals surface area (Å²) < 4.78 is 0. The van der Waals surface area contributed by atoms with Gasteiger partial charge in [-0.3, -0.25) is 15.8 Å². The SMILES string of the molecule is NNC(c1cccnc1)c1nccc2ccccc12. The number of rotatable bonds is 3.